The number of ether oxygens (including phenoxy) is 2. The topological polar surface area (TPSA) is 47.6 Å². The molecule has 0 heterocycles. The molecule has 1 N–H and O–H groups in total. The molecular weight excluding hydrogens is 350 g/mol. The lowest BCUT2D eigenvalue weighted by atomic mass is 9.91. The number of hydrogen-bond donors (Lipinski definition) is 1. The van der Waals surface area contributed by atoms with E-state index in [1.165, 1.54) is 24.0 Å². The third kappa shape index (κ3) is 4.34. The largest absolute Gasteiger partial charge is 0.483 e. The first-order valence-corrected chi connectivity index (χ1v) is 9.65. The minimum absolute atomic E-state index is 0.0316. The SMILES string of the molecule is O=C(COc1cccc2c1CCCC2)Nc1ccccc1Oc1ccccc1. The minimum Gasteiger partial charge on any atom is -0.483 e. The van der Waals surface area contributed by atoms with Crippen molar-refractivity contribution in [3.05, 3.63) is 83.9 Å². The molecule has 3 aromatic carbocycles. The van der Waals surface area contributed by atoms with Gasteiger partial charge in [-0.1, -0.05) is 42.5 Å². The number of hydrogen-bond acceptors (Lipinski definition) is 3. The monoisotopic (exact) mass is 373 g/mol. The third-order valence-electron chi connectivity index (χ3n) is 4.84. The summed E-state index contributed by atoms with van der Waals surface area (Å²) >= 11 is 0. The van der Waals surface area contributed by atoms with Gasteiger partial charge >= 0.3 is 0 Å². The highest BCUT2D eigenvalue weighted by molar-refractivity contribution is 5.93. The second-order valence-corrected chi connectivity index (χ2v) is 6.85. The zero-order chi connectivity index (χ0) is 19.2. The maximum atomic E-state index is 12.5. The van der Waals surface area contributed by atoms with E-state index in [1.54, 1.807) is 0 Å². The van der Waals surface area contributed by atoms with E-state index in [2.05, 4.69) is 11.4 Å². The van der Waals surface area contributed by atoms with Gasteiger partial charge in [0, 0.05) is 0 Å². The Morgan fingerprint density at radius 1 is 0.821 bits per heavy atom. The lowest BCUT2D eigenvalue weighted by molar-refractivity contribution is -0.118. The molecule has 0 fully saturated rings. The van der Waals surface area contributed by atoms with Crippen LogP contribution in [0.5, 0.6) is 17.2 Å². The molecular formula is C24H23NO3. The zero-order valence-electron chi connectivity index (χ0n) is 15.7. The van der Waals surface area contributed by atoms with Crippen molar-refractivity contribution >= 4 is 11.6 Å². The number of rotatable bonds is 6. The zero-order valence-corrected chi connectivity index (χ0v) is 15.7. The normalized spacial score (nSPS) is 12.7. The van der Waals surface area contributed by atoms with Crippen LogP contribution < -0.4 is 14.8 Å². The Labute approximate surface area is 165 Å². The summed E-state index contributed by atoms with van der Waals surface area (Å²) in [6, 6.07) is 23.0. The quantitative estimate of drug-likeness (QED) is 0.631. The standard InChI is InChI=1S/C24H23NO3/c26-24(17-27-22-16-8-10-18-9-4-5-13-20(18)22)25-21-14-6-7-15-23(21)28-19-11-2-1-3-12-19/h1-3,6-8,10-12,14-16H,4-5,9,13,17H2,(H,25,26). The van der Waals surface area contributed by atoms with E-state index in [9.17, 15) is 4.79 Å². The number of carbonyl (C=O) groups is 1. The first-order chi connectivity index (χ1) is 13.8. The molecule has 0 aliphatic heterocycles. The van der Waals surface area contributed by atoms with Gasteiger partial charge in [-0.2, -0.15) is 0 Å². The fourth-order valence-corrected chi connectivity index (χ4v) is 3.49. The van der Waals surface area contributed by atoms with Gasteiger partial charge in [-0.15, -0.1) is 0 Å². The second kappa shape index (κ2) is 8.61. The van der Waals surface area contributed by atoms with Gasteiger partial charge in [0.15, 0.2) is 12.4 Å². The summed E-state index contributed by atoms with van der Waals surface area (Å²) in [4.78, 5) is 12.5. The summed E-state index contributed by atoms with van der Waals surface area (Å²) in [7, 11) is 0. The van der Waals surface area contributed by atoms with Gasteiger partial charge < -0.3 is 14.8 Å². The Hall–Kier alpha value is -3.27. The fraction of sp³-hybridized carbons (Fsp3) is 0.208. The van der Waals surface area contributed by atoms with Gasteiger partial charge in [-0.3, -0.25) is 4.79 Å². The Kier molecular flexibility index (Phi) is 5.57. The van der Waals surface area contributed by atoms with Crippen molar-refractivity contribution in [3.8, 4) is 17.2 Å². The van der Waals surface area contributed by atoms with Crippen LogP contribution in [-0.4, -0.2) is 12.5 Å². The molecule has 0 saturated heterocycles. The number of anilines is 1. The molecule has 0 atom stereocenters. The van der Waals surface area contributed by atoms with E-state index in [-0.39, 0.29) is 12.5 Å². The second-order valence-electron chi connectivity index (χ2n) is 6.85. The van der Waals surface area contributed by atoms with E-state index in [0.29, 0.717) is 11.4 Å². The molecule has 0 unspecified atom stereocenters. The van der Waals surface area contributed by atoms with Crippen LogP contribution >= 0.6 is 0 Å². The van der Waals surface area contributed by atoms with Gasteiger partial charge in [0.2, 0.25) is 0 Å². The van der Waals surface area contributed by atoms with Gasteiger partial charge in [-0.05, 0) is 67.1 Å². The Morgan fingerprint density at radius 2 is 1.57 bits per heavy atom. The van der Waals surface area contributed by atoms with Gasteiger partial charge in [0.25, 0.3) is 5.91 Å². The molecule has 4 nitrogen and oxygen atoms in total. The Morgan fingerprint density at radius 3 is 2.46 bits per heavy atom. The maximum absolute atomic E-state index is 12.5. The molecule has 1 aliphatic rings. The number of fused-ring (bicyclic) bond motifs is 1. The van der Waals surface area contributed by atoms with Crippen molar-refractivity contribution < 1.29 is 14.3 Å². The smallest absolute Gasteiger partial charge is 0.262 e. The molecule has 1 aliphatic carbocycles. The van der Waals surface area contributed by atoms with E-state index in [1.807, 2.05) is 66.7 Å². The van der Waals surface area contributed by atoms with Gasteiger partial charge in [-0.25, -0.2) is 0 Å². The number of para-hydroxylation sites is 3. The molecule has 142 valence electrons. The van der Waals surface area contributed by atoms with Crippen molar-refractivity contribution in [2.75, 3.05) is 11.9 Å². The van der Waals surface area contributed by atoms with Crippen LogP contribution in [0.3, 0.4) is 0 Å². The average molecular weight is 373 g/mol. The molecule has 1 amide bonds. The van der Waals surface area contributed by atoms with Crippen LogP contribution in [0, 0.1) is 0 Å². The first kappa shape index (κ1) is 18.1. The van der Waals surface area contributed by atoms with Crippen LogP contribution in [0.4, 0.5) is 5.69 Å². The van der Waals surface area contributed by atoms with Crippen LogP contribution in [-0.2, 0) is 17.6 Å². The summed E-state index contributed by atoms with van der Waals surface area (Å²) in [5, 5.41) is 2.89. The highest BCUT2D eigenvalue weighted by Crippen LogP contribution is 2.30. The van der Waals surface area contributed by atoms with Gasteiger partial charge in [0.05, 0.1) is 5.69 Å². The molecule has 4 rings (SSSR count). The summed E-state index contributed by atoms with van der Waals surface area (Å²) in [5.74, 6) is 1.93. The van der Waals surface area contributed by atoms with Gasteiger partial charge in [0.1, 0.15) is 11.5 Å². The predicted molar refractivity (Wildman–Crippen MR) is 110 cm³/mol. The maximum Gasteiger partial charge on any atom is 0.262 e. The molecule has 28 heavy (non-hydrogen) atoms. The van der Waals surface area contributed by atoms with Crippen LogP contribution in [0.25, 0.3) is 0 Å². The Bertz CT molecular complexity index is 953. The molecule has 0 radical (unpaired) electrons. The highest BCUT2D eigenvalue weighted by Gasteiger charge is 2.15. The summed E-state index contributed by atoms with van der Waals surface area (Å²) in [5.41, 5.74) is 3.20. The van der Waals surface area contributed by atoms with Crippen molar-refractivity contribution in [1.82, 2.24) is 0 Å². The van der Waals surface area contributed by atoms with Crippen LogP contribution in [0.15, 0.2) is 72.8 Å². The Balaban J connectivity index is 1.41. The molecule has 0 aromatic heterocycles. The van der Waals surface area contributed by atoms with Crippen LogP contribution in [0.2, 0.25) is 0 Å². The summed E-state index contributed by atoms with van der Waals surface area (Å²) < 4.78 is 11.7. The first-order valence-electron chi connectivity index (χ1n) is 9.65. The fourth-order valence-electron chi connectivity index (χ4n) is 3.49. The third-order valence-corrected chi connectivity index (χ3v) is 4.84. The lowest BCUT2D eigenvalue weighted by Crippen LogP contribution is -2.21. The summed E-state index contributed by atoms with van der Waals surface area (Å²) in [6.07, 6.45) is 4.49. The molecule has 3 aromatic rings. The van der Waals surface area contributed by atoms with E-state index >= 15 is 0 Å². The molecule has 0 spiro atoms. The van der Waals surface area contributed by atoms with Crippen molar-refractivity contribution in [2.45, 2.75) is 25.7 Å². The van der Waals surface area contributed by atoms with Crippen molar-refractivity contribution in [1.29, 1.82) is 0 Å². The number of nitrogens with one attached hydrogen (secondary N) is 1. The van der Waals surface area contributed by atoms with Crippen LogP contribution in [0.1, 0.15) is 24.0 Å². The van der Waals surface area contributed by atoms with E-state index in [4.69, 9.17) is 9.47 Å². The van der Waals surface area contributed by atoms with E-state index in [0.717, 1.165) is 24.3 Å². The number of aryl methyl sites for hydroxylation is 1. The number of carbonyl (C=O) groups excluding carboxylic acids is 1. The molecule has 0 saturated carbocycles. The van der Waals surface area contributed by atoms with E-state index < -0.39 is 0 Å². The lowest BCUT2D eigenvalue weighted by Gasteiger charge is -2.19. The minimum atomic E-state index is -0.211. The highest BCUT2D eigenvalue weighted by atomic mass is 16.5. The summed E-state index contributed by atoms with van der Waals surface area (Å²) in [6.45, 7) is -0.0316. The molecule has 0 bridgehead atoms. The number of amides is 1. The predicted octanol–water partition coefficient (Wildman–Crippen LogP) is 5.38. The van der Waals surface area contributed by atoms with Crippen molar-refractivity contribution in [3.63, 3.8) is 0 Å². The van der Waals surface area contributed by atoms with Crippen molar-refractivity contribution in [2.24, 2.45) is 0 Å². The average Bonchev–Trinajstić information content (AvgIpc) is 2.74. The number of benzene rings is 3. The molecule has 4 heteroatoms.